The van der Waals surface area contributed by atoms with Crippen LogP contribution in [0.3, 0.4) is 0 Å². The molecule has 0 aliphatic rings. The molecule has 17 heavy (non-hydrogen) atoms. The number of hydrogen-bond donors (Lipinski definition) is 2. The number of rotatable bonds is 5. The van der Waals surface area contributed by atoms with E-state index in [1.54, 1.807) is 7.11 Å². The highest BCUT2D eigenvalue weighted by Crippen LogP contribution is 2.23. The van der Waals surface area contributed by atoms with E-state index in [2.05, 4.69) is 11.4 Å². The van der Waals surface area contributed by atoms with E-state index < -0.39 is 6.61 Å². The molecule has 0 atom stereocenters. The highest BCUT2D eigenvalue weighted by atomic mass is 16.5. The Bertz CT molecular complexity index is 402. The average molecular weight is 237 g/mol. The number of ether oxygens (including phenoxy) is 1. The second-order valence-corrected chi connectivity index (χ2v) is 4.01. The Balaban J connectivity index is 2.69. The van der Waals surface area contributed by atoms with E-state index in [0.29, 0.717) is 13.0 Å². The summed E-state index contributed by atoms with van der Waals surface area (Å²) in [5, 5.41) is 11.2. The zero-order valence-electron chi connectivity index (χ0n) is 10.5. The van der Waals surface area contributed by atoms with E-state index in [4.69, 9.17) is 9.84 Å². The van der Waals surface area contributed by atoms with Crippen LogP contribution in [0.5, 0.6) is 5.75 Å². The van der Waals surface area contributed by atoms with Crippen molar-refractivity contribution < 1.29 is 14.6 Å². The van der Waals surface area contributed by atoms with Gasteiger partial charge in [0, 0.05) is 6.54 Å². The molecule has 1 aromatic carbocycles. The summed E-state index contributed by atoms with van der Waals surface area (Å²) < 4.78 is 5.30. The van der Waals surface area contributed by atoms with Gasteiger partial charge in [-0.25, -0.2) is 0 Å². The van der Waals surface area contributed by atoms with Crippen LogP contribution >= 0.6 is 0 Å². The van der Waals surface area contributed by atoms with Crippen molar-refractivity contribution in [2.75, 3.05) is 20.3 Å². The van der Waals surface area contributed by atoms with Gasteiger partial charge in [-0.3, -0.25) is 4.79 Å². The van der Waals surface area contributed by atoms with Crippen LogP contribution in [0.2, 0.25) is 0 Å². The highest BCUT2D eigenvalue weighted by Gasteiger charge is 2.06. The first kappa shape index (κ1) is 13.5. The number of nitrogens with one attached hydrogen (secondary N) is 1. The standard InChI is InChI=1S/C13H19NO3/c1-9-6-11(4-5-14-13(16)8-15)12(17-3)7-10(9)2/h6-7,15H,4-5,8H2,1-3H3,(H,14,16). The molecule has 2 N–H and O–H groups in total. The molecule has 0 radical (unpaired) electrons. The number of carbonyl (C=O) groups excluding carboxylic acids is 1. The van der Waals surface area contributed by atoms with E-state index in [0.717, 1.165) is 11.3 Å². The number of hydrogen-bond acceptors (Lipinski definition) is 3. The van der Waals surface area contributed by atoms with Crippen LogP contribution in [0.25, 0.3) is 0 Å². The van der Waals surface area contributed by atoms with Crippen LogP contribution in [0.1, 0.15) is 16.7 Å². The molecule has 4 nitrogen and oxygen atoms in total. The lowest BCUT2D eigenvalue weighted by Crippen LogP contribution is -2.28. The fraction of sp³-hybridized carbons (Fsp3) is 0.462. The first-order chi connectivity index (χ1) is 8.08. The predicted octanol–water partition coefficient (Wildman–Crippen LogP) is 0.963. The normalized spacial score (nSPS) is 10.1. The van der Waals surface area contributed by atoms with Crippen LogP contribution < -0.4 is 10.1 Å². The summed E-state index contributed by atoms with van der Waals surface area (Å²) >= 11 is 0. The minimum atomic E-state index is -0.468. The van der Waals surface area contributed by atoms with Crippen LogP contribution in [-0.2, 0) is 11.2 Å². The van der Waals surface area contributed by atoms with Gasteiger partial charge in [0.1, 0.15) is 12.4 Å². The third-order valence-corrected chi connectivity index (χ3v) is 2.76. The lowest BCUT2D eigenvalue weighted by Gasteiger charge is -2.12. The number of amides is 1. The van der Waals surface area contributed by atoms with Crippen LogP contribution in [0.4, 0.5) is 0 Å². The molecule has 0 unspecified atom stereocenters. The Kier molecular flexibility index (Phi) is 4.97. The number of methoxy groups -OCH3 is 1. The molecule has 0 bridgehead atoms. The first-order valence-corrected chi connectivity index (χ1v) is 5.60. The average Bonchev–Trinajstić information content (AvgIpc) is 2.32. The largest absolute Gasteiger partial charge is 0.496 e. The molecule has 0 saturated carbocycles. The molecule has 0 spiro atoms. The lowest BCUT2D eigenvalue weighted by molar-refractivity contribution is -0.123. The first-order valence-electron chi connectivity index (χ1n) is 5.60. The van der Waals surface area contributed by atoms with E-state index in [1.165, 1.54) is 11.1 Å². The van der Waals surface area contributed by atoms with E-state index in [1.807, 2.05) is 19.9 Å². The van der Waals surface area contributed by atoms with E-state index >= 15 is 0 Å². The van der Waals surface area contributed by atoms with Crippen molar-refractivity contribution in [1.29, 1.82) is 0 Å². The summed E-state index contributed by atoms with van der Waals surface area (Å²) in [5.74, 6) is 0.485. The monoisotopic (exact) mass is 237 g/mol. The third-order valence-electron chi connectivity index (χ3n) is 2.76. The van der Waals surface area contributed by atoms with Crippen molar-refractivity contribution in [3.63, 3.8) is 0 Å². The van der Waals surface area contributed by atoms with Crippen molar-refractivity contribution in [3.05, 3.63) is 28.8 Å². The third kappa shape index (κ3) is 3.75. The maximum absolute atomic E-state index is 10.9. The Labute approximate surface area is 102 Å². The molecule has 0 aliphatic heterocycles. The van der Waals surface area contributed by atoms with Gasteiger partial charge in [0.25, 0.3) is 0 Å². The number of benzene rings is 1. The minimum absolute atomic E-state index is 0.354. The van der Waals surface area contributed by atoms with Gasteiger partial charge in [0.15, 0.2) is 0 Å². The maximum atomic E-state index is 10.9. The molecule has 0 heterocycles. The quantitative estimate of drug-likeness (QED) is 0.802. The molecule has 1 amide bonds. The van der Waals surface area contributed by atoms with Gasteiger partial charge in [-0.2, -0.15) is 0 Å². The van der Waals surface area contributed by atoms with E-state index in [9.17, 15) is 4.79 Å². The van der Waals surface area contributed by atoms with Crippen molar-refractivity contribution in [1.82, 2.24) is 5.32 Å². The van der Waals surface area contributed by atoms with E-state index in [-0.39, 0.29) is 5.91 Å². The van der Waals surface area contributed by atoms with Crippen LogP contribution in [0.15, 0.2) is 12.1 Å². The summed E-state index contributed by atoms with van der Waals surface area (Å²) in [6.07, 6.45) is 0.691. The molecule has 1 aromatic rings. The zero-order valence-corrected chi connectivity index (χ0v) is 10.5. The van der Waals surface area contributed by atoms with Gasteiger partial charge < -0.3 is 15.2 Å². The van der Waals surface area contributed by atoms with Crippen molar-refractivity contribution in [3.8, 4) is 5.75 Å². The number of aryl methyl sites for hydroxylation is 2. The summed E-state index contributed by atoms with van der Waals surface area (Å²) in [6, 6.07) is 4.07. The molecule has 0 fully saturated rings. The number of carbonyl (C=O) groups is 1. The molecule has 0 aromatic heterocycles. The van der Waals surface area contributed by atoms with Gasteiger partial charge in [-0.15, -0.1) is 0 Å². The van der Waals surface area contributed by atoms with Crippen LogP contribution in [0, 0.1) is 13.8 Å². The lowest BCUT2D eigenvalue weighted by atomic mass is 10.0. The summed E-state index contributed by atoms with van der Waals surface area (Å²) in [6.45, 7) is 4.11. The fourth-order valence-corrected chi connectivity index (χ4v) is 1.63. The molecular weight excluding hydrogens is 218 g/mol. The van der Waals surface area contributed by atoms with Gasteiger partial charge >= 0.3 is 0 Å². The molecule has 0 aliphatic carbocycles. The maximum Gasteiger partial charge on any atom is 0.245 e. The second-order valence-electron chi connectivity index (χ2n) is 4.01. The summed E-state index contributed by atoms with van der Waals surface area (Å²) in [4.78, 5) is 10.9. The Morgan fingerprint density at radius 1 is 1.35 bits per heavy atom. The SMILES string of the molecule is COc1cc(C)c(C)cc1CCNC(=O)CO. The number of aliphatic hydroxyl groups excluding tert-OH is 1. The van der Waals surface area contributed by atoms with Crippen LogP contribution in [-0.4, -0.2) is 31.3 Å². The predicted molar refractivity (Wildman–Crippen MR) is 66.3 cm³/mol. The highest BCUT2D eigenvalue weighted by molar-refractivity contribution is 5.76. The van der Waals surface area contributed by atoms with Gasteiger partial charge in [-0.05, 0) is 43.0 Å². The minimum Gasteiger partial charge on any atom is -0.496 e. The van der Waals surface area contributed by atoms with Gasteiger partial charge in [0.05, 0.1) is 7.11 Å². The molecule has 0 saturated heterocycles. The summed E-state index contributed by atoms with van der Waals surface area (Å²) in [7, 11) is 1.64. The topological polar surface area (TPSA) is 58.6 Å². The molecule has 94 valence electrons. The van der Waals surface area contributed by atoms with Gasteiger partial charge in [0.2, 0.25) is 5.91 Å². The van der Waals surface area contributed by atoms with Gasteiger partial charge in [-0.1, -0.05) is 6.07 Å². The molecule has 1 rings (SSSR count). The number of aliphatic hydroxyl groups is 1. The van der Waals surface area contributed by atoms with Crippen molar-refractivity contribution >= 4 is 5.91 Å². The molecular formula is C13H19NO3. The Hall–Kier alpha value is -1.55. The fourth-order valence-electron chi connectivity index (χ4n) is 1.63. The summed E-state index contributed by atoms with van der Waals surface area (Å²) in [5.41, 5.74) is 3.45. The smallest absolute Gasteiger partial charge is 0.245 e. The second kappa shape index (κ2) is 6.25. The Morgan fingerprint density at radius 2 is 2.00 bits per heavy atom. The zero-order chi connectivity index (χ0) is 12.8. The molecule has 4 heteroatoms. The Morgan fingerprint density at radius 3 is 2.59 bits per heavy atom. The van der Waals surface area contributed by atoms with Crippen molar-refractivity contribution in [2.24, 2.45) is 0 Å². The van der Waals surface area contributed by atoms with Crippen molar-refractivity contribution in [2.45, 2.75) is 20.3 Å².